The molecule has 1 saturated carbocycles. The summed E-state index contributed by atoms with van der Waals surface area (Å²) < 4.78 is 33.5. The molecule has 1 aromatic carbocycles. The van der Waals surface area contributed by atoms with Crippen LogP contribution in [0.5, 0.6) is 5.75 Å². The maximum Gasteiger partial charge on any atom is 0.246 e. The zero-order valence-electron chi connectivity index (χ0n) is 15.5. The number of fused-ring (bicyclic) bond motifs is 1. The summed E-state index contributed by atoms with van der Waals surface area (Å²) in [6.45, 7) is 6.49. The lowest BCUT2D eigenvalue weighted by Crippen LogP contribution is -2.57. The molecule has 0 N–H and O–H groups in total. The van der Waals surface area contributed by atoms with Crippen molar-refractivity contribution in [1.82, 2.24) is 9.21 Å². The van der Waals surface area contributed by atoms with Crippen LogP contribution in [0.2, 0.25) is 5.02 Å². The Morgan fingerprint density at radius 3 is 2.60 bits per heavy atom. The Labute approximate surface area is 155 Å². The summed E-state index contributed by atoms with van der Waals surface area (Å²) in [5, 5.41) is 0.393. The Morgan fingerprint density at radius 2 is 2.04 bits per heavy atom. The molecule has 0 unspecified atom stereocenters. The highest BCUT2D eigenvalue weighted by atomic mass is 35.5. The first-order chi connectivity index (χ1) is 11.5. The number of methoxy groups -OCH3 is 1. The van der Waals surface area contributed by atoms with E-state index in [0.29, 0.717) is 29.8 Å². The van der Waals surface area contributed by atoms with Gasteiger partial charge in [-0.1, -0.05) is 25.4 Å². The van der Waals surface area contributed by atoms with E-state index >= 15 is 0 Å². The SMILES string of the molecule is COc1ccc(Cl)cc1S(=O)(=O)N1C[C@@H]2C(C)(C)C[C@]2(CN(C)C)C1. The lowest BCUT2D eigenvalue weighted by Gasteiger charge is -2.57. The van der Waals surface area contributed by atoms with Gasteiger partial charge in [0.15, 0.2) is 0 Å². The molecule has 1 aromatic rings. The van der Waals surface area contributed by atoms with Crippen molar-refractivity contribution < 1.29 is 13.2 Å². The van der Waals surface area contributed by atoms with E-state index in [9.17, 15) is 8.42 Å². The highest BCUT2D eigenvalue weighted by Crippen LogP contribution is 2.63. The molecule has 2 fully saturated rings. The second-order valence-corrected chi connectivity index (χ2v) is 10.8. The van der Waals surface area contributed by atoms with Crippen LogP contribution in [0.25, 0.3) is 0 Å². The molecule has 3 rings (SSSR count). The first-order valence-corrected chi connectivity index (χ1v) is 10.3. The van der Waals surface area contributed by atoms with E-state index in [2.05, 4.69) is 18.7 Å². The molecule has 25 heavy (non-hydrogen) atoms. The lowest BCUT2D eigenvalue weighted by atomic mass is 9.48. The first kappa shape index (κ1) is 19.0. The van der Waals surface area contributed by atoms with Gasteiger partial charge >= 0.3 is 0 Å². The number of hydrogen-bond donors (Lipinski definition) is 0. The van der Waals surface area contributed by atoms with Gasteiger partial charge in [0.05, 0.1) is 7.11 Å². The maximum absolute atomic E-state index is 13.3. The molecule has 5 nitrogen and oxygen atoms in total. The average Bonchev–Trinajstić information content (AvgIpc) is 2.81. The van der Waals surface area contributed by atoms with E-state index < -0.39 is 10.0 Å². The van der Waals surface area contributed by atoms with Crippen molar-refractivity contribution in [2.45, 2.75) is 25.2 Å². The van der Waals surface area contributed by atoms with Crippen molar-refractivity contribution in [2.24, 2.45) is 16.7 Å². The molecular formula is C18H27ClN2O3S. The summed E-state index contributed by atoms with van der Waals surface area (Å²) in [5.41, 5.74) is 0.199. The van der Waals surface area contributed by atoms with Crippen LogP contribution in [0.4, 0.5) is 0 Å². The smallest absolute Gasteiger partial charge is 0.246 e. The number of sulfonamides is 1. The van der Waals surface area contributed by atoms with E-state index in [0.717, 1.165) is 13.0 Å². The maximum atomic E-state index is 13.3. The number of rotatable bonds is 5. The molecule has 0 amide bonds. The first-order valence-electron chi connectivity index (χ1n) is 8.50. The van der Waals surface area contributed by atoms with Gasteiger partial charge in [0.2, 0.25) is 10.0 Å². The summed E-state index contributed by atoms with van der Waals surface area (Å²) in [7, 11) is 1.93. The van der Waals surface area contributed by atoms with E-state index in [1.54, 1.807) is 16.4 Å². The largest absolute Gasteiger partial charge is 0.495 e. The third-order valence-corrected chi connectivity index (χ3v) is 7.81. The molecule has 1 heterocycles. The van der Waals surface area contributed by atoms with Crippen LogP contribution in [0, 0.1) is 16.7 Å². The van der Waals surface area contributed by atoms with Crippen molar-refractivity contribution >= 4 is 21.6 Å². The minimum Gasteiger partial charge on any atom is -0.495 e. The molecule has 1 saturated heterocycles. The third-order valence-electron chi connectivity index (χ3n) is 5.74. The zero-order chi connectivity index (χ0) is 18.6. The van der Waals surface area contributed by atoms with Gasteiger partial charge in [-0.25, -0.2) is 8.42 Å². The minimum atomic E-state index is -3.65. The van der Waals surface area contributed by atoms with Gasteiger partial charge in [0, 0.05) is 30.1 Å². The third kappa shape index (κ3) is 3.07. The van der Waals surface area contributed by atoms with Gasteiger partial charge < -0.3 is 9.64 Å². The van der Waals surface area contributed by atoms with Gasteiger partial charge in [0.1, 0.15) is 10.6 Å². The fourth-order valence-corrected chi connectivity index (χ4v) is 7.07. The van der Waals surface area contributed by atoms with Crippen molar-refractivity contribution in [1.29, 1.82) is 0 Å². The van der Waals surface area contributed by atoms with Crippen molar-refractivity contribution in [3.05, 3.63) is 23.2 Å². The van der Waals surface area contributed by atoms with Crippen LogP contribution >= 0.6 is 11.6 Å². The molecule has 0 radical (unpaired) electrons. The van der Waals surface area contributed by atoms with Crippen LogP contribution < -0.4 is 4.74 Å². The van der Waals surface area contributed by atoms with Crippen LogP contribution in [-0.2, 0) is 10.0 Å². The molecule has 2 atom stereocenters. The average molecular weight is 387 g/mol. The predicted molar refractivity (Wildman–Crippen MR) is 99.6 cm³/mol. The number of benzene rings is 1. The Balaban J connectivity index is 1.96. The molecule has 1 aliphatic heterocycles. The highest BCUT2D eigenvalue weighted by Gasteiger charge is 2.64. The minimum absolute atomic E-state index is 0.0336. The van der Waals surface area contributed by atoms with E-state index in [4.69, 9.17) is 16.3 Å². The summed E-state index contributed by atoms with van der Waals surface area (Å²) in [6, 6.07) is 4.74. The van der Waals surface area contributed by atoms with Crippen molar-refractivity contribution in [3.8, 4) is 5.75 Å². The molecule has 0 spiro atoms. The van der Waals surface area contributed by atoms with Crippen LogP contribution in [0.15, 0.2) is 23.1 Å². The van der Waals surface area contributed by atoms with Gasteiger partial charge in [-0.3, -0.25) is 0 Å². The van der Waals surface area contributed by atoms with Crippen LogP contribution in [0.1, 0.15) is 20.3 Å². The monoisotopic (exact) mass is 386 g/mol. The molecule has 7 heteroatoms. The second kappa shape index (κ2) is 6.12. The number of hydrogen-bond acceptors (Lipinski definition) is 4. The molecule has 140 valence electrons. The van der Waals surface area contributed by atoms with E-state index in [1.165, 1.54) is 13.2 Å². The van der Waals surface area contributed by atoms with E-state index in [-0.39, 0.29) is 15.7 Å². The van der Waals surface area contributed by atoms with Crippen LogP contribution in [-0.4, -0.2) is 58.5 Å². The summed E-state index contributed by atoms with van der Waals surface area (Å²) in [4.78, 5) is 2.32. The molecule has 2 aliphatic rings. The Morgan fingerprint density at radius 1 is 1.36 bits per heavy atom. The molecule has 0 aromatic heterocycles. The summed E-state index contributed by atoms with van der Waals surface area (Å²) in [6.07, 6.45) is 1.04. The standard InChI is InChI=1S/C18H27ClN2O3S/c1-17(2)10-18(11-20(3)4)12-21(9-16(17)18)25(22,23)15-8-13(19)6-7-14(15)24-5/h6-8,16H,9-12H2,1-5H3/t16-,18+/m1/s1. The van der Waals surface area contributed by atoms with Gasteiger partial charge in [-0.2, -0.15) is 4.31 Å². The number of nitrogens with zero attached hydrogens (tertiary/aromatic N) is 2. The lowest BCUT2D eigenvalue weighted by molar-refractivity contribution is -0.0789. The van der Waals surface area contributed by atoms with Gasteiger partial charge in [0.25, 0.3) is 0 Å². The fraction of sp³-hybridized carbons (Fsp3) is 0.667. The second-order valence-electron chi connectivity index (χ2n) is 8.41. The van der Waals surface area contributed by atoms with Crippen molar-refractivity contribution in [2.75, 3.05) is 40.8 Å². The fourth-order valence-electron chi connectivity index (χ4n) is 5.10. The summed E-state index contributed by atoms with van der Waals surface area (Å²) >= 11 is 6.05. The normalized spacial score (nSPS) is 28.7. The molecule has 0 bridgehead atoms. The Kier molecular flexibility index (Phi) is 4.64. The van der Waals surface area contributed by atoms with Gasteiger partial charge in [-0.05, 0) is 50.0 Å². The number of ether oxygens (including phenoxy) is 1. The molecule has 1 aliphatic carbocycles. The zero-order valence-corrected chi connectivity index (χ0v) is 17.1. The van der Waals surface area contributed by atoms with E-state index in [1.807, 2.05) is 14.1 Å². The highest BCUT2D eigenvalue weighted by molar-refractivity contribution is 7.89. The Bertz CT molecular complexity index is 775. The quantitative estimate of drug-likeness (QED) is 0.780. The van der Waals surface area contributed by atoms with Crippen molar-refractivity contribution in [3.63, 3.8) is 0 Å². The Hall–Kier alpha value is -0.820. The topological polar surface area (TPSA) is 49.9 Å². The number of halogens is 1. The van der Waals surface area contributed by atoms with Crippen LogP contribution in [0.3, 0.4) is 0 Å². The van der Waals surface area contributed by atoms with Gasteiger partial charge in [-0.15, -0.1) is 0 Å². The summed E-state index contributed by atoms with van der Waals surface area (Å²) in [5.74, 6) is 0.701. The molecular weight excluding hydrogens is 360 g/mol. The predicted octanol–water partition coefficient (Wildman–Crippen LogP) is 2.95.